The summed E-state index contributed by atoms with van der Waals surface area (Å²) in [7, 11) is 0. The van der Waals surface area contributed by atoms with E-state index in [4.69, 9.17) is 4.74 Å². The van der Waals surface area contributed by atoms with Crippen LogP contribution in [-0.2, 0) is 16.0 Å². The van der Waals surface area contributed by atoms with Crippen molar-refractivity contribution in [1.29, 1.82) is 0 Å². The second-order valence-electron chi connectivity index (χ2n) is 7.34. The third-order valence-electron chi connectivity index (χ3n) is 5.30. The van der Waals surface area contributed by atoms with Gasteiger partial charge in [-0.25, -0.2) is 14.0 Å². The minimum atomic E-state index is -1.25. The second-order valence-corrected chi connectivity index (χ2v) is 8.26. The van der Waals surface area contributed by atoms with E-state index in [9.17, 15) is 19.1 Å². The first kappa shape index (κ1) is 21.1. The fraction of sp³-hybridized carbons (Fsp3) is 0.167. The van der Waals surface area contributed by atoms with Crippen molar-refractivity contribution in [3.8, 4) is 11.1 Å². The van der Waals surface area contributed by atoms with Crippen LogP contribution in [0, 0.1) is 5.82 Å². The molecule has 31 heavy (non-hydrogen) atoms. The molecule has 3 aromatic rings. The number of alkyl carbamates (subject to hydrolysis) is 1. The average molecular weight is 484 g/mol. The number of carboxylic acids is 1. The number of rotatable bonds is 6. The van der Waals surface area contributed by atoms with Crippen molar-refractivity contribution in [2.24, 2.45) is 0 Å². The normalized spacial score (nSPS) is 13.2. The minimum Gasteiger partial charge on any atom is -0.480 e. The number of ether oxygens (including phenoxy) is 1. The average Bonchev–Trinajstić information content (AvgIpc) is 3.05. The number of halogens is 2. The van der Waals surface area contributed by atoms with Gasteiger partial charge in [0, 0.05) is 16.8 Å². The monoisotopic (exact) mass is 483 g/mol. The van der Waals surface area contributed by atoms with Crippen LogP contribution in [0.25, 0.3) is 11.1 Å². The Labute approximate surface area is 187 Å². The predicted octanol–water partition coefficient (Wildman–Crippen LogP) is 5.12. The lowest BCUT2D eigenvalue weighted by Gasteiger charge is -2.17. The fourth-order valence-electron chi connectivity index (χ4n) is 3.95. The molecule has 0 bridgehead atoms. The number of carbonyl (C=O) groups is 2. The van der Waals surface area contributed by atoms with Gasteiger partial charge in [0.05, 0.1) is 0 Å². The summed E-state index contributed by atoms with van der Waals surface area (Å²) in [6.45, 7) is 0.0811. The fourth-order valence-corrected chi connectivity index (χ4v) is 4.46. The molecule has 0 aliphatic heterocycles. The van der Waals surface area contributed by atoms with E-state index >= 15 is 0 Å². The number of hydrogen-bond acceptors (Lipinski definition) is 3. The molecular formula is C24H19BrFNO4. The zero-order chi connectivity index (χ0) is 22.0. The number of carbonyl (C=O) groups excluding carboxylic acids is 1. The van der Waals surface area contributed by atoms with Crippen LogP contribution in [0.2, 0.25) is 0 Å². The molecular weight excluding hydrogens is 465 g/mol. The molecule has 3 aromatic carbocycles. The Morgan fingerprint density at radius 1 is 1.03 bits per heavy atom. The molecule has 0 fully saturated rings. The van der Waals surface area contributed by atoms with Crippen molar-refractivity contribution >= 4 is 28.0 Å². The van der Waals surface area contributed by atoms with Gasteiger partial charge in [0.25, 0.3) is 0 Å². The number of carboxylic acid groups (broad SMARTS) is 1. The molecule has 0 radical (unpaired) electrons. The van der Waals surface area contributed by atoms with Crippen molar-refractivity contribution in [2.75, 3.05) is 6.61 Å². The third-order valence-corrected chi connectivity index (χ3v) is 5.75. The van der Waals surface area contributed by atoms with Crippen LogP contribution in [0.1, 0.15) is 22.6 Å². The van der Waals surface area contributed by atoms with Gasteiger partial charge in [0.2, 0.25) is 0 Å². The number of nitrogens with one attached hydrogen (secondary N) is 1. The topological polar surface area (TPSA) is 75.6 Å². The Morgan fingerprint density at radius 3 is 2.23 bits per heavy atom. The molecule has 0 aromatic heterocycles. The predicted molar refractivity (Wildman–Crippen MR) is 117 cm³/mol. The molecule has 0 unspecified atom stereocenters. The molecule has 7 heteroatoms. The summed E-state index contributed by atoms with van der Waals surface area (Å²) in [4.78, 5) is 24.0. The molecule has 1 aliphatic carbocycles. The van der Waals surface area contributed by atoms with Gasteiger partial charge in [0.1, 0.15) is 18.5 Å². The molecule has 4 rings (SSSR count). The van der Waals surface area contributed by atoms with Gasteiger partial charge in [0.15, 0.2) is 0 Å². The summed E-state index contributed by atoms with van der Waals surface area (Å²) in [6, 6.07) is 18.8. The van der Waals surface area contributed by atoms with Crippen LogP contribution in [0.3, 0.4) is 0 Å². The molecule has 1 amide bonds. The lowest BCUT2D eigenvalue weighted by Crippen LogP contribution is -2.42. The number of amides is 1. The van der Waals surface area contributed by atoms with Crippen molar-refractivity contribution in [1.82, 2.24) is 5.32 Å². The van der Waals surface area contributed by atoms with Crippen LogP contribution in [0.5, 0.6) is 0 Å². The van der Waals surface area contributed by atoms with Crippen LogP contribution in [0.4, 0.5) is 9.18 Å². The van der Waals surface area contributed by atoms with Crippen molar-refractivity contribution in [2.45, 2.75) is 18.4 Å². The molecule has 1 atom stereocenters. The molecule has 1 aliphatic rings. The standard InChI is InChI=1S/C24H19BrFNO4/c25-15-9-14(10-16(26)12-15)11-22(23(28)29)27-24(30)31-13-21-19-7-3-1-5-17(19)18-6-2-4-8-20(18)21/h1-10,12,21-22H,11,13H2,(H,27,30)(H,28,29)/t22-/m1/s1. The number of hydrogen-bond donors (Lipinski definition) is 2. The molecule has 0 saturated heterocycles. The summed E-state index contributed by atoms with van der Waals surface area (Å²) >= 11 is 3.18. The van der Waals surface area contributed by atoms with Crippen LogP contribution in [0.15, 0.2) is 71.2 Å². The first-order valence-corrected chi connectivity index (χ1v) is 10.5. The largest absolute Gasteiger partial charge is 0.480 e. The van der Waals surface area contributed by atoms with E-state index in [0.717, 1.165) is 22.3 Å². The quantitative estimate of drug-likeness (QED) is 0.509. The van der Waals surface area contributed by atoms with Crippen LogP contribution in [-0.4, -0.2) is 29.8 Å². The van der Waals surface area contributed by atoms with Crippen LogP contribution >= 0.6 is 15.9 Å². The summed E-state index contributed by atoms with van der Waals surface area (Å²) in [5.74, 6) is -1.84. The zero-order valence-corrected chi connectivity index (χ0v) is 17.9. The van der Waals surface area contributed by atoms with Gasteiger partial charge in [-0.3, -0.25) is 0 Å². The first-order chi connectivity index (χ1) is 14.9. The van der Waals surface area contributed by atoms with Gasteiger partial charge in [-0.15, -0.1) is 0 Å². The molecule has 0 heterocycles. The van der Waals surface area contributed by atoms with Crippen molar-refractivity contribution < 1.29 is 23.8 Å². The van der Waals surface area contributed by atoms with E-state index < -0.39 is 23.9 Å². The summed E-state index contributed by atoms with van der Waals surface area (Å²) in [6.07, 6.45) is -0.902. The Hall–Kier alpha value is -3.19. The van der Waals surface area contributed by atoms with Gasteiger partial charge in [-0.1, -0.05) is 64.5 Å². The van der Waals surface area contributed by atoms with Crippen molar-refractivity contribution in [3.05, 3.63) is 93.7 Å². The summed E-state index contributed by atoms with van der Waals surface area (Å²) in [5.41, 5.74) is 4.78. The Morgan fingerprint density at radius 2 is 1.65 bits per heavy atom. The summed E-state index contributed by atoms with van der Waals surface area (Å²) < 4.78 is 19.5. The number of aliphatic carboxylic acids is 1. The zero-order valence-electron chi connectivity index (χ0n) is 16.3. The second kappa shape index (κ2) is 8.89. The van der Waals surface area contributed by atoms with Gasteiger partial charge >= 0.3 is 12.1 Å². The Balaban J connectivity index is 1.44. The van der Waals surface area contributed by atoms with E-state index in [0.29, 0.717) is 10.0 Å². The van der Waals surface area contributed by atoms with E-state index in [1.54, 1.807) is 6.07 Å². The van der Waals surface area contributed by atoms with E-state index in [1.807, 2.05) is 48.5 Å². The highest BCUT2D eigenvalue weighted by molar-refractivity contribution is 9.10. The lowest BCUT2D eigenvalue weighted by molar-refractivity contribution is -0.139. The lowest BCUT2D eigenvalue weighted by atomic mass is 9.98. The molecule has 0 saturated carbocycles. The first-order valence-electron chi connectivity index (χ1n) is 9.71. The van der Waals surface area contributed by atoms with E-state index in [-0.39, 0.29) is 18.9 Å². The molecule has 2 N–H and O–H groups in total. The SMILES string of the molecule is O=C(N[C@H](Cc1cc(F)cc(Br)c1)C(=O)O)OCC1c2ccccc2-c2ccccc21. The maximum absolute atomic E-state index is 13.6. The van der Waals surface area contributed by atoms with E-state index in [1.165, 1.54) is 12.1 Å². The molecule has 5 nitrogen and oxygen atoms in total. The van der Waals surface area contributed by atoms with Crippen LogP contribution < -0.4 is 5.32 Å². The summed E-state index contributed by atoms with van der Waals surface area (Å²) in [5, 5.41) is 11.9. The smallest absolute Gasteiger partial charge is 0.407 e. The highest BCUT2D eigenvalue weighted by atomic mass is 79.9. The Kier molecular flexibility index (Phi) is 6.04. The van der Waals surface area contributed by atoms with Crippen molar-refractivity contribution in [3.63, 3.8) is 0 Å². The third kappa shape index (κ3) is 4.61. The maximum atomic E-state index is 13.6. The molecule has 158 valence electrons. The van der Waals surface area contributed by atoms with E-state index in [2.05, 4.69) is 21.2 Å². The number of fused-ring (bicyclic) bond motifs is 3. The van der Waals surface area contributed by atoms with Gasteiger partial charge in [-0.05, 0) is 46.0 Å². The highest BCUT2D eigenvalue weighted by Gasteiger charge is 2.29. The molecule has 0 spiro atoms. The van der Waals surface area contributed by atoms with Gasteiger partial charge < -0.3 is 15.2 Å². The van der Waals surface area contributed by atoms with Gasteiger partial charge in [-0.2, -0.15) is 0 Å². The minimum absolute atomic E-state index is 0.0735. The highest BCUT2D eigenvalue weighted by Crippen LogP contribution is 2.44. The Bertz CT molecular complexity index is 1080. The number of benzene rings is 3. The maximum Gasteiger partial charge on any atom is 0.407 e.